The topological polar surface area (TPSA) is 64.6 Å². The molecule has 0 atom stereocenters. The Morgan fingerprint density at radius 3 is 2.32 bits per heavy atom. The molecule has 0 aliphatic rings. The summed E-state index contributed by atoms with van der Waals surface area (Å²) in [5, 5.41) is 3.25. The number of halogens is 1. The molecule has 0 spiro atoms. The summed E-state index contributed by atoms with van der Waals surface area (Å²) in [5.74, 6) is -1.36. The fraction of sp³-hybridized carbons (Fsp3) is 0.375. The molecule has 0 fully saturated rings. The molecule has 1 aromatic carbocycles. The van der Waals surface area contributed by atoms with E-state index in [-0.39, 0.29) is 11.1 Å². The quantitative estimate of drug-likeness (QED) is 0.680. The van der Waals surface area contributed by atoms with Crippen molar-refractivity contribution >= 4 is 29.2 Å². The molecule has 22 heavy (non-hydrogen) atoms. The number of hydrogen-bond donors (Lipinski definition) is 1. The lowest BCUT2D eigenvalue weighted by Gasteiger charge is -2.21. The van der Waals surface area contributed by atoms with E-state index in [9.17, 15) is 9.59 Å². The van der Waals surface area contributed by atoms with Crippen LogP contribution < -0.4 is 5.32 Å². The molecule has 0 aromatic heterocycles. The van der Waals surface area contributed by atoms with Crippen molar-refractivity contribution in [1.29, 1.82) is 0 Å². The lowest BCUT2D eigenvalue weighted by Crippen LogP contribution is -2.17. The number of carbonyl (C=O) groups excluding carboxylic acids is 2. The molecule has 5 nitrogen and oxygen atoms in total. The SMILES string of the molecule is COC(=O)/C=C(/Nc1cc(C(C)(C)C)ccc1Cl)C(=O)OC. The molecular weight excluding hydrogens is 306 g/mol. The van der Waals surface area contributed by atoms with Gasteiger partial charge >= 0.3 is 11.9 Å². The molecule has 0 radical (unpaired) electrons. The third-order valence-electron chi connectivity index (χ3n) is 2.97. The summed E-state index contributed by atoms with van der Waals surface area (Å²) in [5.41, 5.74) is 1.40. The predicted molar refractivity (Wildman–Crippen MR) is 85.9 cm³/mol. The van der Waals surface area contributed by atoms with Crippen molar-refractivity contribution in [1.82, 2.24) is 0 Å². The lowest BCUT2D eigenvalue weighted by atomic mass is 9.87. The molecule has 0 unspecified atom stereocenters. The van der Waals surface area contributed by atoms with Crippen molar-refractivity contribution in [3.8, 4) is 0 Å². The van der Waals surface area contributed by atoms with E-state index in [0.717, 1.165) is 11.6 Å². The average Bonchev–Trinajstić information content (AvgIpc) is 2.46. The van der Waals surface area contributed by atoms with E-state index >= 15 is 0 Å². The highest BCUT2D eigenvalue weighted by Gasteiger charge is 2.18. The van der Waals surface area contributed by atoms with Gasteiger partial charge in [0, 0.05) is 0 Å². The molecule has 0 bridgehead atoms. The van der Waals surface area contributed by atoms with Gasteiger partial charge in [0.15, 0.2) is 0 Å². The Balaban J connectivity index is 3.21. The second-order valence-electron chi connectivity index (χ2n) is 5.64. The minimum Gasteiger partial charge on any atom is -0.466 e. The third kappa shape index (κ3) is 4.77. The first-order chi connectivity index (χ1) is 10.2. The zero-order valence-electron chi connectivity index (χ0n) is 13.3. The van der Waals surface area contributed by atoms with Crippen molar-refractivity contribution in [3.05, 3.63) is 40.6 Å². The minimum absolute atomic E-state index is 0.0534. The number of hydrogen-bond acceptors (Lipinski definition) is 5. The van der Waals surface area contributed by atoms with Gasteiger partial charge in [-0.25, -0.2) is 9.59 Å². The fourth-order valence-corrected chi connectivity index (χ4v) is 1.83. The molecule has 1 aromatic rings. The van der Waals surface area contributed by atoms with Crippen LogP contribution in [0.15, 0.2) is 30.0 Å². The van der Waals surface area contributed by atoms with Crippen LogP contribution in [0.4, 0.5) is 5.69 Å². The highest BCUT2D eigenvalue weighted by atomic mass is 35.5. The van der Waals surface area contributed by atoms with Gasteiger partial charge in [0.1, 0.15) is 5.70 Å². The van der Waals surface area contributed by atoms with E-state index in [1.54, 1.807) is 6.07 Å². The average molecular weight is 326 g/mol. The molecule has 0 saturated heterocycles. The van der Waals surface area contributed by atoms with Crippen molar-refractivity contribution < 1.29 is 19.1 Å². The van der Waals surface area contributed by atoms with E-state index in [0.29, 0.717) is 10.7 Å². The summed E-state index contributed by atoms with van der Waals surface area (Å²) >= 11 is 6.15. The molecule has 0 heterocycles. The number of benzene rings is 1. The molecule has 0 aliphatic heterocycles. The second kappa shape index (κ2) is 7.31. The van der Waals surface area contributed by atoms with Crippen LogP contribution in [0.5, 0.6) is 0 Å². The number of esters is 2. The maximum Gasteiger partial charge on any atom is 0.354 e. The van der Waals surface area contributed by atoms with Crippen LogP contribution in [0.1, 0.15) is 26.3 Å². The van der Waals surface area contributed by atoms with Gasteiger partial charge in [-0.2, -0.15) is 0 Å². The summed E-state index contributed by atoms with van der Waals surface area (Å²) < 4.78 is 9.17. The van der Waals surface area contributed by atoms with Crippen molar-refractivity contribution in [2.24, 2.45) is 0 Å². The van der Waals surface area contributed by atoms with Crippen molar-refractivity contribution in [2.75, 3.05) is 19.5 Å². The Morgan fingerprint density at radius 2 is 1.82 bits per heavy atom. The fourth-order valence-electron chi connectivity index (χ4n) is 1.67. The second-order valence-corrected chi connectivity index (χ2v) is 6.05. The van der Waals surface area contributed by atoms with Gasteiger partial charge in [-0.15, -0.1) is 0 Å². The molecule has 120 valence electrons. The van der Waals surface area contributed by atoms with E-state index < -0.39 is 11.9 Å². The van der Waals surface area contributed by atoms with Crippen LogP contribution in [0, 0.1) is 0 Å². The summed E-state index contributed by atoms with van der Waals surface area (Å²) in [6.45, 7) is 6.18. The van der Waals surface area contributed by atoms with Crippen LogP contribution in [0.25, 0.3) is 0 Å². The standard InChI is InChI=1S/C16H20ClNO4/c1-16(2,3)10-6-7-11(17)12(8-10)18-13(15(20)22-5)9-14(19)21-4/h6-9,18H,1-5H3/b13-9+. The van der Waals surface area contributed by atoms with E-state index in [1.165, 1.54) is 14.2 Å². The van der Waals surface area contributed by atoms with Gasteiger partial charge in [0.05, 0.1) is 31.0 Å². The first kappa shape index (κ1) is 18.0. The molecule has 6 heteroatoms. The number of carbonyl (C=O) groups is 2. The van der Waals surface area contributed by atoms with Crippen LogP contribution >= 0.6 is 11.6 Å². The van der Waals surface area contributed by atoms with E-state index in [2.05, 4.69) is 35.6 Å². The number of anilines is 1. The maximum absolute atomic E-state index is 11.8. The minimum atomic E-state index is -0.692. The van der Waals surface area contributed by atoms with Gasteiger partial charge in [0.2, 0.25) is 0 Å². The largest absolute Gasteiger partial charge is 0.466 e. The zero-order valence-corrected chi connectivity index (χ0v) is 14.1. The van der Waals surface area contributed by atoms with Crippen molar-refractivity contribution in [2.45, 2.75) is 26.2 Å². The first-order valence-corrected chi connectivity index (χ1v) is 7.02. The summed E-state index contributed by atoms with van der Waals surface area (Å²) in [6.07, 6.45) is 1.02. The van der Waals surface area contributed by atoms with Crippen LogP contribution in [0.2, 0.25) is 5.02 Å². The summed E-state index contributed by atoms with van der Waals surface area (Å²) in [7, 11) is 2.45. The Morgan fingerprint density at radius 1 is 1.18 bits per heavy atom. The Bertz CT molecular complexity index is 603. The van der Waals surface area contributed by atoms with Gasteiger partial charge in [-0.05, 0) is 23.1 Å². The van der Waals surface area contributed by atoms with E-state index in [4.69, 9.17) is 11.6 Å². The van der Waals surface area contributed by atoms with Crippen LogP contribution in [-0.4, -0.2) is 26.2 Å². The Kier molecular flexibility index (Phi) is 6.00. The van der Waals surface area contributed by atoms with Gasteiger partial charge < -0.3 is 14.8 Å². The number of methoxy groups -OCH3 is 2. The van der Waals surface area contributed by atoms with E-state index in [1.807, 2.05) is 12.1 Å². The number of nitrogens with one attached hydrogen (secondary N) is 1. The Hall–Kier alpha value is -2.01. The molecule has 0 amide bonds. The molecule has 1 N–H and O–H groups in total. The zero-order chi connectivity index (χ0) is 16.9. The lowest BCUT2D eigenvalue weighted by molar-refractivity contribution is -0.138. The highest BCUT2D eigenvalue weighted by molar-refractivity contribution is 6.33. The predicted octanol–water partition coefficient (Wildman–Crippen LogP) is 3.28. The molecule has 1 rings (SSSR count). The number of ether oxygens (including phenoxy) is 2. The van der Waals surface area contributed by atoms with Gasteiger partial charge in [0.25, 0.3) is 0 Å². The number of rotatable bonds is 4. The van der Waals surface area contributed by atoms with Crippen molar-refractivity contribution in [3.63, 3.8) is 0 Å². The smallest absolute Gasteiger partial charge is 0.354 e. The molecule has 0 saturated carbocycles. The van der Waals surface area contributed by atoms with Crippen LogP contribution in [-0.2, 0) is 24.5 Å². The van der Waals surface area contributed by atoms with Gasteiger partial charge in [-0.1, -0.05) is 38.4 Å². The highest BCUT2D eigenvalue weighted by Crippen LogP contribution is 2.30. The monoisotopic (exact) mass is 325 g/mol. The Labute approximate surface area is 135 Å². The molecular formula is C16H20ClNO4. The first-order valence-electron chi connectivity index (χ1n) is 6.64. The normalized spacial score (nSPS) is 11.8. The summed E-state index contributed by atoms with van der Waals surface area (Å²) in [6, 6.07) is 5.48. The summed E-state index contributed by atoms with van der Waals surface area (Å²) in [4.78, 5) is 23.1. The third-order valence-corrected chi connectivity index (χ3v) is 3.30. The maximum atomic E-state index is 11.8. The molecule has 0 aliphatic carbocycles. The van der Waals surface area contributed by atoms with Crippen LogP contribution in [0.3, 0.4) is 0 Å². The van der Waals surface area contributed by atoms with Gasteiger partial charge in [-0.3, -0.25) is 0 Å².